The van der Waals surface area contributed by atoms with Crippen LogP contribution in [-0.2, 0) is 22.5 Å². The second-order valence-corrected chi connectivity index (χ2v) is 9.10. The number of carboxylic acid groups (broad SMARTS) is 1. The molecule has 0 spiro atoms. The topological polar surface area (TPSA) is 70.1 Å². The zero-order valence-corrected chi connectivity index (χ0v) is 19.4. The van der Waals surface area contributed by atoms with E-state index in [2.05, 4.69) is 37.0 Å². The second-order valence-electron chi connectivity index (χ2n) is 9.10. The van der Waals surface area contributed by atoms with Gasteiger partial charge in [0.1, 0.15) is 0 Å². The van der Waals surface area contributed by atoms with Gasteiger partial charge in [0.2, 0.25) is 5.91 Å². The molecule has 1 N–H and O–H groups in total. The van der Waals surface area contributed by atoms with Gasteiger partial charge < -0.3 is 14.7 Å². The number of carbonyl (C=O) groups excluding carboxylic acids is 1. The molecule has 2 atom stereocenters. The Morgan fingerprint density at radius 1 is 1.03 bits per heavy atom. The van der Waals surface area contributed by atoms with Crippen LogP contribution in [0, 0.1) is 0 Å². The molecule has 6 nitrogen and oxygen atoms in total. The van der Waals surface area contributed by atoms with Crippen molar-refractivity contribution in [2.45, 2.75) is 45.3 Å². The number of carbonyl (C=O) groups is 2. The highest BCUT2D eigenvalue weighted by molar-refractivity contribution is 5.87. The number of benzene rings is 2. The first kappa shape index (κ1) is 23.2. The molecule has 6 heteroatoms. The van der Waals surface area contributed by atoms with Gasteiger partial charge in [-0.15, -0.1) is 0 Å². The van der Waals surface area contributed by atoms with Gasteiger partial charge in [0.25, 0.3) is 0 Å². The number of ether oxygens (including phenoxy) is 1. The van der Waals surface area contributed by atoms with Crippen molar-refractivity contribution in [3.05, 3.63) is 76.9 Å². The van der Waals surface area contributed by atoms with Crippen molar-refractivity contribution in [2.24, 2.45) is 0 Å². The summed E-state index contributed by atoms with van der Waals surface area (Å²) in [5.41, 5.74) is 4.91. The van der Waals surface area contributed by atoms with Crippen LogP contribution < -0.4 is 0 Å². The number of piperazine rings is 1. The first-order valence-corrected chi connectivity index (χ1v) is 11.6. The number of nitrogens with zero attached hydrogens (tertiary/aromatic N) is 2. The lowest BCUT2D eigenvalue weighted by Gasteiger charge is -2.44. The van der Waals surface area contributed by atoms with Gasteiger partial charge >= 0.3 is 5.97 Å². The van der Waals surface area contributed by atoms with E-state index in [0.717, 1.165) is 30.7 Å². The molecule has 0 bridgehead atoms. The molecule has 33 heavy (non-hydrogen) atoms. The Labute approximate surface area is 195 Å². The molecule has 4 rings (SSSR count). The molecule has 0 aromatic heterocycles. The Hall–Kier alpha value is -2.96. The highest BCUT2D eigenvalue weighted by Crippen LogP contribution is 2.24. The Morgan fingerprint density at radius 3 is 2.39 bits per heavy atom. The van der Waals surface area contributed by atoms with Crippen molar-refractivity contribution in [3.8, 4) is 0 Å². The average Bonchev–Trinajstić information content (AvgIpc) is 2.82. The van der Waals surface area contributed by atoms with E-state index in [1.54, 1.807) is 12.1 Å². The predicted molar refractivity (Wildman–Crippen MR) is 128 cm³/mol. The number of hydrogen-bond acceptors (Lipinski definition) is 4. The van der Waals surface area contributed by atoms with Gasteiger partial charge in [-0.1, -0.05) is 42.5 Å². The van der Waals surface area contributed by atoms with Crippen molar-refractivity contribution >= 4 is 17.4 Å². The van der Waals surface area contributed by atoms with Crippen LogP contribution >= 0.6 is 0 Å². The fourth-order valence-electron chi connectivity index (χ4n) is 4.79. The van der Waals surface area contributed by atoms with Crippen LogP contribution in [0.3, 0.4) is 0 Å². The van der Waals surface area contributed by atoms with E-state index in [-0.39, 0.29) is 18.0 Å². The maximum Gasteiger partial charge on any atom is 0.335 e. The normalized spacial score (nSPS) is 21.5. The number of hydrogen-bond donors (Lipinski definition) is 1. The minimum absolute atomic E-state index is 0.164. The fraction of sp³-hybridized carbons (Fsp3) is 0.407. The molecule has 1 fully saturated rings. The molecule has 174 valence electrons. The maximum absolute atomic E-state index is 13.1. The average molecular weight is 449 g/mol. The summed E-state index contributed by atoms with van der Waals surface area (Å²) in [4.78, 5) is 28.6. The lowest BCUT2D eigenvalue weighted by atomic mass is 9.98. The molecule has 1 saturated heterocycles. The standard InChI is InChI=1S/C27H32N2O4/c1-19-16-28(17-20(2)29(19)18-21-6-8-24(9-7-21)27(31)32)26(30)15-22-4-3-5-25(14-22)23-10-12-33-13-11-23/h3-10,14,19-20H,11-13,15-18H2,1-2H3,(H,31,32)/t19-,20+. The molecule has 0 unspecified atom stereocenters. The maximum atomic E-state index is 13.1. The van der Waals surface area contributed by atoms with Crippen LogP contribution in [0.25, 0.3) is 5.57 Å². The molecule has 0 aliphatic carbocycles. The monoisotopic (exact) mass is 448 g/mol. The van der Waals surface area contributed by atoms with Crippen molar-refractivity contribution in [2.75, 3.05) is 26.3 Å². The van der Waals surface area contributed by atoms with Crippen molar-refractivity contribution in [3.63, 3.8) is 0 Å². The zero-order chi connectivity index (χ0) is 23.4. The van der Waals surface area contributed by atoms with E-state index >= 15 is 0 Å². The van der Waals surface area contributed by atoms with E-state index < -0.39 is 5.97 Å². The lowest BCUT2D eigenvalue weighted by molar-refractivity contribution is -0.135. The van der Waals surface area contributed by atoms with Crippen LogP contribution in [0.15, 0.2) is 54.6 Å². The third kappa shape index (κ3) is 5.70. The van der Waals surface area contributed by atoms with Gasteiger partial charge in [-0.2, -0.15) is 0 Å². The summed E-state index contributed by atoms with van der Waals surface area (Å²) in [5.74, 6) is -0.747. The second kappa shape index (κ2) is 10.3. The van der Waals surface area contributed by atoms with Crippen molar-refractivity contribution in [1.29, 1.82) is 0 Å². The summed E-state index contributed by atoms with van der Waals surface area (Å²) in [6.45, 7) is 7.84. The highest BCUT2D eigenvalue weighted by Gasteiger charge is 2.31. The Morgan fingerprint density at radius 2 is 1.76 bits per heavy atom. The van der Waals surface area contributed by atoms with Gasteiger partial charge in [0.15, 0.2) is 0 Å². The van der Waals surface area contributed by atoms with E-state index in [9.17, 15) is 9.59 Å². The molecule has 1 amide bonds. The summed E-state index contributed by atoms with van der Waals surface area (Å²) in [6, 6.07) is 15.8. The van der Waals surface area contributed by atoms with Crippen LogP contribution in [-0.4, -0.2) is 65.2 Å². The summed E-state index contributed by atoms with van der Waals surface area (Å²) in [7, 11) is 0. The summed E-state index contributed by atoms with van der Waals surface area (Å²) < 4.78 is 5.41. The molecule has 0 radical (unpaired) electrons. The van der Waals surface area contributed by atoms with Gasteiger partial charge in [0, 0.05) is 31.7 Å². The van der Waals surface area contributed by atoms with Crippen LogP contribution in [0.4, 0.5) is 0 Å². The zero-order valence-electron chi connectivity index (χ0n) is 19.4. The molecule has 2 aromatic rings. The Balaban J connectivity index is 1.37. The molecule has 2 aliphatic rings. The van der Waals surface area contributed by atoms with Crippen molar-refractivity contribution < 1.29 is 19.4 Å². The Bertz CT molecular complexity index is 1020. The van der Waals surface area contributed by atoms with E-state index in [0.29, 0.717) is 31.7 Å². The largest absolute Gasteiger partial charge is 0.478 e. The summed E-state index contributed by atoms with van der Waals surface area (Å²) >= 11 is 0. The van der Waals surface area contributed by atoms with Gasteiger partial charge in [-0.3, -0.25) is 9.69 Å². The van der Waals surface area contributed by atoms with Crippen molar-refractivity contribution in [1.82, 2.24) is 9.80 Å². The summed E-state index contributed by atoms with van der Waals surface area (Å²) in [6.07, 6.45) is 3.45. The Kier molecular flexibility index (Phi) is 7.26. The number of carboxylic acids is 1. The molecular formula is C27H32N2O4. The van der Waals surface area contributed by atoms with Gasteiger partial charge in [-0.25, -0.2) is 4.79 Å². The highest BCUT2D eigenvalue weighted by atomic mass is 16.5. The first-order valence-electron chi connectivity index (χ1n) is 11.6. The number of aromatic carboxylic acids is 1. The van der Waals surface area contributed by atoms with Crippen LogP contribution in [0.5, 0.6) is 0 Å². The van der Waals surface area contributed by atoms with Gasteiger partial charge in [0.05, 0.1) is 25.2 Å². The van der Waals surface area contributed by atoms with Gasteiger partial charge in [-0.05, 0) is 54.7 Å². The van der Waals surface area contributed by atoms with Crippen LogP contribution in [0.1, 0.15) is 47.3 Å². The smallest absolute Gasteiger partial charge is 0.335 e. The predicted octanol–water partition coefficient (Wildman–Crippen LogP) is 3.85. The van der Waals surface area contributed by atoms with E-state index in [4.69, 9.17) is 9.84 Å². The summed E-state index contributed by atoms with van der Waals surface area (Å²) in [5, 5.41) is 9.09. The number of rotatable bonds is 6. The SMILES string of the molecule is C[C@@H]1CN(C(=O)Cc2cccc(C3=CCOCC3)c2)C[C@H](C)N1Cc1ccc(C(=O)O)cc1. The molecule has 2 aromatic carbocycles. The molecule has 2 aliphatic heterocycles. The lowest BCUT2D eigenvalue weighted by Crippen LogP contribution is -2.57. The third-order valence-corrected chi connectivity index (χ3v) is 6.64. The molecular weight excluding hydrogens is 416 g/mol. The quantitative estimate of drug-likeness (QED) is 0.727. The number of amides is 1. The van der Waals surface area contributed by atoms with E-state index in [1.807, 2.05) is 29.2 Å². The first-order chi connectivity index (χ1) is 15.9. The minimum atomic E-state index is -0.912. The minimum Gasteiger partial charge on any atom is -0.478 e. The third-order valence-electron chi connectivity index (χ3n) is 6.64. The molecule has 2 heterocycles. The fourth-order valence-corrected chi connectivity index (χ4v) is 4.79. The molecule has 0 saturated carbocycles. The van der Waals surface area contributed by atoms with Crippen LogP contribution in [0.2, 0.25) is 0 Å². The van der Waals surface area contributed by atoms with E-state index in [1.165, 1.54) is 11.1 Å².